The first-order chi connectivity index (χ1) is 10.6. The number of nitrogens with zero attached hydrogens (tertiary/aromatic N) is 2. The van der Waals surface area contributed by atoms with Crippen LogP contribution >= 0.6 is 24.4 Å². The molecular weight excluding hydrogens is 316 g/mol. The highest BCUT2D eigenvalue weighted by Crippen LogP contribution is 2.22. The fourth-order valence-electron chi connectivity index (χ4n) is 2.18. The summed E-state index contributed by atoms with van der Waals surface area (Å²) in [5.74, 6) is 0.843. The predicted octanol–water partition coefficient (Wildman–Crippen LogP) is 4.04. The summed E-state index contributed by atoms with van der Waals surface area (Å²) in [7, 11) is 1.66. The van der Waals surface area contributed by atoms with Gasteiger partial charge in [0.1, 0.15) is 5.75 Å². The van der Waals surface area contributed by atoms with Crippen LogP contribution in [0.2, 0.25) is 0 Å². The Morgan fingerprint density at radius 3 is 2.36 bits per heavy atom. The van der Waals surface area contributed by atoms with Gasteiger partial charge in [-0.1, -0.05) is 18.2 Å². The van der Waals surface area contributed by atoms with E-state index in [1.54, 1.807) is 7.11 Å². The van der Waals surface area contributed by atoms with Gasteiger partial charge >= 0.3 is 0 Å². The number of benzene rings is 2. The molecular formula is C15H14N4OS2. The molecule has 3 aromatic rings. The molecule has 0 radical (unpaired) electrons. The minimum atomic E-state index is 0.440. The lowest BCUT2D eigenvalue weighted by molar-refractivity contribution is 0.415. The maximum atomic E-state index is 5.24. The summed E-state index contributed by atoms with van der Waals surface area (Å²) in [6.07, 6.45) is 0. The highest BCUT2D eigenvalue weighted by atomic mass is 32.1. The van der Waals surface area contributed by atoms with Crippen LogP contribution in [-0.4, -0.2) is 27.7 Å². The lowest BCUT2D eigenvalue weighted by Crippen LogP contribution is -2.00. The quantitative estimate of drug-likeness (QED) is 0.563. The van der Waals surface area contributed by atoms with Gasteiger partial charge in [-0.25, -0.2) is 0 Å². The third-order valence-corrected chi connectivity index (χ3v) is 3.93. The Balaban J connectivity index is 2.06. The molecule has 0 atom stereocenters. The molecule has 1 heterocycles. The van der Waals surface area contributed by atoms with Gasteiger partial charge in [0.05, 0.1) is 12.8 Å². The lowest BCUT2D eigenvalue weighted by atomic mass is 10.0. The Labute approximate surface area is 137 Å². The van der Waals surface area contributed by atoms with Crippen molar-refractivity contribution in [1.29, 1.82) is 0 Å². The van der Waals surface area contributed by atoms with E-state index in [0.717, 1.165) is 27.8 Å². The molecule has 0 bridgehead atoms. The van der Waals surface area contributed by atoms with Gasteiger partial charge in [-0.05, 0) is 65.9 Å². The maximum absolute atomic E-state index is 5.24. The summed E-state index contributed by atoms with van der Waals surface area (Å²) < 4.78 is 7.62. The normalized spacial score (nSPS) is 11.8. The number of hydrogen-bond acceptors (Lipinski definition) is 4. The smallest absolute Gasteiger partial charge is 0.215 e. The molecule has 0 fully saturated rings. The van der Waals surface area contributed by atoms with Crippen LogP contribution in [0.3, 0.4) is 0 Å². The summed E-state index contributed by atoms with van der Waals surface area (Å²) in [5.41, 5.74) is 1.84. The molecule has 0 aliphatic carbocycles. The van der Waals surface area contributed by atoms with Crippen molar-refractivity contribution in [3.05, 3.63) is 51.5 Å². The average molecular weight is 330 g/mol. The molecule has 0 aliphatic heterocycles. The highest BCUT2D eigenvalue weighted by Gasteiger charge is 2.03. The van der Waals surface area contributed by atoms with Crippen molar-refractivity contribution in [2.75, 3.05) is 7.11 Å². The second kappa shape index (κ2) is 5.86. The fourth-order valence-corrected chi connectivity index (χ4v) is 2.60. The summed E-state index contributed by atoms with van der Waals surface area (Å²) in [6.45, 7) is 1.92. The summed E-state index contributed by atoms with van der Waals surface area (Å²) in [4.78, 5) is 0. The standard InChI is InChI=1S/C15H14N4OS2/c1-9(18-19-14(21)16-17-15(19)22)10-3-4-12-8-13(20-2)6-5-11(12)7-10/h3-8H,1-2H3,(H,16,21)(H,17,22). The van der Waals surface area contributed by atoms with Crippen LogP contribution < -0.4 is 4.74 Å². The molecule has 0 aliphatic rings. The largest absolute Gasteiger partial charge is 0.497 e. The SMILES string of the molecule is COc1ccc2cc(C(C)=Nn3c(=S)[nH][nH]c3=S)ccc2c1. The monoisotopic (exact) mass is 330 g/mol. The molecule has 5 nitrogen and oxygen atoms in total. The Hall–Kier alpha value is -2.25. The van der Waals surface area contributed by atoms with Gasteiger partial charge in [-0.2, -0.15) is 9.78 Å². The van der Waals surface area contributed by atoms with E-state index in [1.165, 1.54) is 4.68 Å². The van der Waals surface area contributed by atoms with E-state index in [9.17, 15) is 0 Å². The molecule has 112 valence electrons. The van der Waals surface area contributed by atoms with E-state index < -0.39 is 0 Å². The summed E-state index contributed by atoms with van der Waals surface area (Å²) in [5, 5.41) is 12.2. The number of rotatable bonds is 3. The van der Waals surface area contributed by atoms with Crippen LogP contribution in [0.25, 0.3) is 10.8 Å². The van der Waals surface area contributed by atoms with Gasteiger partial charge in [0, 0.05) is 0 Å². The number of H-pyrrole nitrogens is 2. The molecule has 2 N–H and O–H groups in total. The average Bonchev–Trinajstić information content (AvgIpc) is 2.85. The molecule has 0 unspecified atom stereocenters. The second-order valence-corrected chi connectivity index (χ2v) is 5.56. The summed E-state index contributed by atoms with van der Waals surface area (Å²) >= 11 is 10.3. The van der Waals surface area contributed by atoms with Crippen LogP contribution in [0.5, 0.6) is 5.75 Å². The predicted molar refractivity (Wildman–Crippen MR) is 92.9 cm³/mol. The molecule has 1 aromatic heterocycles. The van der Waals surface area contributed by atoms with Crippen LogP contribution in [0.4, 0.5) is 0 Å². The number of fused-ring (bicyclic) bond motifs is 1. The molecule has 3 rings (SSSR count). The van der Waals surface area contributed by atoms with Gasteiger partial charge in [0.2, 0.25) is 9.54 Å². The Morgan fingerprint density at radius 1 is 1.05 bits per heavy atom. The Bertz CT molecular complexity index is 953. The van der Waals surface area contributed by atoms with E-state index in [4.69, 9.17) is 29.2 Å². The molecule has 0 spiro atoms. The number of hydrogen-bond donors (Lipinski definition) is 2. The second-order valence-electron chi connectivity index (χ2n) is 4.79. The van der Waals surface area contributed by atoms with E-state index >= 15 is 0 Å². The fraction of sp³-hybridized carbons (Fsp3) is 0.133. The first-order valence-electron chi connectivity index (χ1n) is 6.62. The summed E-state index contributed by atoms with van der Waals surface area (Å²) in [6, 6.07) is 12.1. The molecule has 0 amide bonds. The van der Waals surface area contributed by atoms with E-state index in [2.05, 4.69) is 21.4 Å². The number of aromatic amines is 2. The van der Waals surface area contributed by atoms with Gasteiger partial charge < -0.3 is 4.74 Å². The van der Waals surface area contributed by atoms with Crippen LogP contribution in [0.1, 0.15) is 12.5 Å². The number of nitrogens with one attached hydrogen (secondary N) is 2. The van der Waals surface area contributed by atoms with Crippen molar-refractivity contribution in [2.45, 2.75) is 6.92 Å². The van der Waals surface area contributed by atoms with Gasteiger partial charge in [-0.3, -0.25) is 10.2 Å². The topological polar surface area (TPSA) is 58.1 Å². The lowest BCUT2D eigenvalue weighted by Gasteiger charge is -2.05. The van der Waals surface area contributed by atoms with Gasteiger partial charge in [-0.15, -0.1) is 0 Å². The number of aromatic nitrogens is 3. The number of methoxy groups -OCH3 is 1. The minimum absolute atomic E-state index is 0.440. The van der Waals surface area contributed by atoms with Crippen LogP contribution in [-0.2, 0) is 0 Å². The van der Waals surface area contributed by atoms with Crippen LogP contribution in [0.15, 0.2) is 41.5 Å². The van der Waals surface area contributed by atoms with Crippen molar-refractivity contribution in [3.8, 4) is 5.75 Å². The zero-order chi connectivity index (χ0) is 15.7. The zero-order valence-electron chi connectivity index (χ0n) is 12.1. The van der Waals surface area contributed by atoms with Crippen molar-refractivity contribution >= 4 is 40.9 Å². The van der Waals surface area contributed by atoms with Gasteiger partial charge in [0.25, 0.3) is 0 Å². The molecule has 7 heteroatoms. The van der Waals surface area contributed by atoms with Crippen LogP contribution in [0, 0.1) is 9.54 Å². The minimum Gasteiger partial charge on any atom is -0.497 e. The van der Waals surface area contributed by atoms with Crippen molar-refractivity contribution in [1.82, 2.24) is 14.9 Å². The van der Waals surface area contributed by atoms with E-state index in [1.807, 2.05) is 37.3 Å². The highest BCUT2D eigenvalue weighted by molar-refractivity contribution is 7.72. The van der Waals surface area contributed by atoms with E-state index in [-0.39, 0.29) is 0 Å². The zero-order valence-corrected chi connectivity index (χ0v) is 13.7. The Morgan fingerprint density at radius 2 is 1.68 bits per heavy atom. The third kappa shape index (κ3) is 2.72. The van der Waals surface area contributed by atoms with Crippen molar-refractivity contribution < 1.29 is 4.74 Å². The molecule has 22 heavy (non-hydrogen) atoms. The third-order valence-electron chi connectivity index (χ3n) is 3.38. The van der Waals surface area contributed by atoms with Crippen molar-refractivity contribution in [3.63, 3.8) is 0 Å². The van der Waals surface area contributed by atoms with E-state index in [0.29, 0.717) is 9.54 Å². The van der Waals surface area contributed by atoms with Crippen molar-refractivity contribution in [2.24, 2.45) is 5.10 Å². The first-order valence-corrected chi connectivity index (χ1v) is 7.43. The maximum Gasteiger partial charge on any atom is 0.215 e. The molecule has 0 saturated carbocycles. The first kappa shape index (κ1) is 14.7. The van der Waals surface area contributed by atoms with Gasteiger partial charge in [0.15, 0.2) is 0 Å². The molecule has 2 aromatic carbocycles. The molecule has 0 saturated heterocycles. The Kier molecular flexibility index (Phi) is 3.91. The number of ether oxygens (including phenoxy) is 1.